The first kappa shape index (κ1) is 15.8. The van der Waals surface area contributed by atoms with E-state index in [1.165, 1.54) is 0 Å². The van der Waals surface area contributed by atoms with Crippen molar-refractivity contribution in [1.82, 2.24) is 15.1 Å². The van der Waals surface area contributed by atoms with E-state index in [-0.39, 0.29) is 11.8 Å². The molecular formula is C14H24N4O3S. The molecule has 2 aliphatic rings. The zero-order valence-corrected chi connectivity index (χ0v) is 14.0. The number of hydrogen-bond donors (Lipinski definition) is 1. The van der Waals surface area contributed by atoms with Crippen LogP contribution in [0.4, 0.5) is 5.82 Å². The quantitative estimate of drug-likeness (QED) is 0.828. The molecule has 7 nitrogen and oxygen atoms in total. The summed E-state index contributed by atoms with van der Waals surface area (Å²) in [6, 6.07) is 0.0575. The topological polar surface area (TPSA) is 76.5 Å². The Labute approximate surface area is 131 Å². The standard InChI is InChI=1S/C14H24N4O3S/c1-11-13(9-15-12-3-8-22(19,20)10-12)14(17(2)16-11)18-4-6-21-7-5-18/h12,15H,3-10H2,1-2H3/t12-/m0/s1. The van der Waals surface area contributed by atoms with Crippen molar-refractivity contribution in [2.75, 3.05) is 42.7 Å². The second kappa shape index (κ2) is 6.17. The van der Waals surface area contributed by atoms with E-state index in [0.29, 0.717) is 18.7 Å². The van der Waals surface area contributed by atoms with Gasteiger partial charge in [-0.05, 0) is 13.3 Å². The van der Waals surface area contributed by atoms with Crippen LogP contribution in [0.2, 0.25) is 0 Å². The fourth-order valence-corrected chi connectivity index (χ4v) is 4.98. The van der Waals surface area contributed by atoms with Gasteiger partial charge in [-0.1, -0.05) is 0 Å². The molecule has 22 heavy (non-hydrogen) atoms. The maximum atomic E-state index is 11.6. The third-order valence-corrected chi connectivity index (χ3v) is 6.19. The Morgan fingerprint density at radius 1 is 1.36 bits per heavy atom. The van der Waals surface area contributed by atoms with Crippen LogP contribution in [-0.4, -0.2) is 62.0 Å². The molecule has 0 aliphatic carbocycles. The van der Waals surface area contributed by atoms with Crippen LogP contribution in [0.5, 0.6) is 0 Å². The molecule has 0 unspecified atom stereocenters. The van der Waals surface area contributed by atoms with Crippen LogP contribution in [0.15, 0.2) is 0 Å². The number of aromatic nitrogens is 2. The number of sulfone groups is 1. The molecule has 0 saturated carbocycles. The van der Waals surface area contributed by atoms with Crippen molar-refractivity contribution in [3.8, 4) is 0 Å². The molecule has 2 fully saturated rings. The molecule has 3 rings (SSSR count). The van der Waals surface area contributed by atoms with E-state index in [1.54, 1.807) is 0 Å². The first-order valence-corrected chi connectivity index (χ1v) is 9.57. The van der Waals surface area contributed by atoms with Gasteiger partial charge in [-0.2, -0.15) is 5.10 Å². The van der Waals surface area contributed by atoms with Crippen molar-refractivity contribution >= 4 is 15.7 Å². The smallest absolute Gasteiger partial charge is 0.151 e. The lowest BCUT2D eigenvalue weighted by atomic mass is 10.2. The van der Waals surface area contributed by atoms with Gasteiger partial charge in [-0.3, -0.25) is 4.68 Å². The summed E-state index contributed by atoms with van der Waals surface area (Å²) < 4.78 is 30.5. The van der Waals surface area contributed by atoms with E-state index in [1.807, 2.05) is 18.7 Å². The first-order valence-electron chi connectivity index (χ1n) is 7.75. The number of ether oxygens (including phenoxy) is 1. The van der Waals surface area contributed by atoms with E-state index in [0.717, 1.165) is 43.4 Å². The van der Waals surface area contributed by atoms with Crippen LogP contribution >= 0.6 is 0 Å². The highest BCUT2D eigenvalue weighted by atomic mass is 32.2. The Bertz CT molecular complexity index is 635. The molecule has 2 saturated heterocycles. The lowest BCUT2D eigenvalue weighted by Crippen LogP contribution is -2.38. The first-order chi connectivity index (χ1) is 10.5. The summed E-state index contributed by atoms with van der Waals surface area (Å²) in [7, 11) is -0.886. The molecule has 0 bridgehead atoms. The number of anilines is 1. The van der Waals surface area contributed by atoms with Gasteiger partial charge in [0, 0.05) is 38.3 Å². The van der Waals surface area contributed by atoms with E-state index in [4.69, 9.17) is 4.74 Å². The lowest BCUT2D eigenvalue weighted by molar-refractivity contribution is 0.122. The van der Waals surface area contributed by atoms with Crippen molar-refractivity contribution in [3.05, 3.63) is 11.3 Å². The highest BCUT2D eigenvalue weighted by Gasteiger charge is 2.28. The maximum Gasteiger partial charge on any atom is 0.151 e. The zero-order valence-electron chi connectivity index (χ0n) is 13.2. The van der Waals surface area contributed by atoms with Gasteiger partial charge in [0.15, 0.2) is 9.84 Å². The van der Waals surface area contributed by atoms with Crippen LogP contribution in [0.1, 0.15) is 17.7 Å². The molecule has 1 aromatic heterocycles. The average molecular weight is 328 g/mol. The van der Waals surface area contributed by atoms with Crippen LogP contribution in [0.3, 0.4) is 0 Å². The van der Waals surface area contributed by atoms with Gasteiger partial charge in [0.2, 0.25) is 0 Å². The van der Waals surface area contributed by atoms with Crippen molar-refractivity contribution in [2.24, 2.45) is 7.05 Å². The van der Waals surface area contributed by atoms with E-state index in [9.17, 15) is 8.42 Å². The highest BCUT2D eigenvalue weighted by Crippen LogP contribution is 2.24. The van der Waals surface area contributed by atoms with Gasteiger partial charge in [0.05, 0.1) is 30.4 Å². The summed E-state index contributed by atoms with van der Waals surface area (Å²) in [4.78, 5) is 2.30. The van der Waals surface area contributed by atoms with Gasteiger partial charge in [-0.25, -0.2) is 8.42 Å². The molecule has 0 amide bonds. The molecule has 124 valence electrons. The normalized spacial score (nSPS) is 24.8. The van der Waals surface area contributed by atoms with Gasteiger partial charge in [0.1, 0.15) is 5.82 Å². The predicted molar refractivity (Wildman–Crippen MR) is 84.9 cm³/mol. The van der Waals surface area contributed by atoms with Crippen LogP contribution in [0.25, 0.3) is 0 Å². The molecule has 1 aromatic rings. The number of hydrogen-bond acceptors (Lipinski definition) is 6. The molecule has 0 aromatic carbocycles. The fourth-order valence-electron chi connectivity index (χ4n) is 3.27. The third-order valence-electron chi connectivity index (χ3n) is 4.42. The van der Waals surface area contributed by atoms with E-state index < -0.39 is 9.84 Å². The highest BCUT2D eigenvalue weighted by molar-refractivity contribution is 7.91. The molecule has 0 radical (unpaired) electrons. The van der Waals surface area contributed by atoms with Crippen LogP contribution in [-0.2, 0) is 28.2 Å². The second-order valence-electron chi connectivity index (χ2n) is 6.09. The van der Waals surface area contributed by atoms with Crippen molar-refractivity contribution in [3.63, 3.8) is 0 Å². The van der Waals surface area contributed by atoms with Crippen molar-refractivity contribution in [2.45, 2.75) is 25.9 Å². The Morgan fingerprint density at radius 2 is 2.09 bits per heavy atom. The predicted octanol–water partition coefficient (Wildman–Crippen LogP) is -0.158. The number of nitrogens with one attached hydrogen (secondary N) is 1. The Kier molecular flexibility index (Phi) is 4.42. The lowest BCUT2D eigenvalue weighted by Gasteiger charge is -2.29. The van der Waals surface area contributed by atoms with E-state index >= 15 is 0 Å². The number of aryl methyl sites for hydroxylation is 2. The fraction of sp³-hybridized carbons (Fsp3) is 0.786. The molecule has 8 heteroatoms. The summed E-state index contributed by atoms with van der Waals surface area (Å²) in [5.41, 5.74) is 2.16. The van der Waals surface area contributed by atoms with E-state index in [2.05, 4.69) is 15.3 Å². The second-order valence-corrected chi connectivity index (χ2v) is 8.32. The monoisotopic (exact) mass is 328 g/mol. The molecule has 1 atom stereocenters. The molecule has 1 N–H and O–H groups in total. The summed E-state index contributed by atoms with van der Waals surface area (Å²) in [6.07, 6.45) is 0.703. The zero-order chi connectivity index (χ0) is 15.7. The number of nitrogens with zero attached hydrogens (tertiary/aromatic N) is 3. The minimum atomic E-state index is -2.85. The third kappa shape index (κ3) is 3.28. The molecular weight excluding hydrogens is 304 g/mol. The Balaban J connectivity index is 1.73. The van der Waals surface area contributed by atoms with Crippen LogP contribution in [0, 0.1) is 6.92 Å². The summed E-state index contributed by atoms with van der Waals surface area (Å²) in [5.74, 6) is 1.67. The largest absolute Gasteiger partial charge is 0.378 e. The summed E-state index contributed by atoms with van der Waals surface area (Å²) >= 11 is 0. The number of rotatable bonds is 4. The SMILES string of the molecule is Cc1nn(C)c(N2CCOCC2)c1CN[C@H]1CCS(=O)(=O)C1. The molecule has 3 heterocycles. The summed E-state index contributed by atoms with van der Waals surface area (Å²) in [5, 5.41) is 7.93. The molecule has 0 spiro atoms. The Hall–Kier alpha value is -1.12. The van der Waals surface area contributed by atoms with Gasteiger partial charge >= 0.3 is 0 Å². The summed E-state index contributed by atoms with van der Waals surface area (Å²) in [6.45, 7) is 5.86. The average Bonchev–Trinajstić information content (AvgIpc) is 2.96. The minimum Gasteiger partial charge on any atom is -0.378 e. The minimum absolute atomic E-state index is 0.0575. The molecule has 2 aliphatic heterocycles. The van der Waals surface area contributed by atoms with Crippen LogP contribution < -0.4 is 10.2 Å². The van der Waals surface area contributed by atoms with Crippen molar-refractivity contribution in [1.29, 1.82) is 0 Å². The maximum absolute atomic E-state index is 11.6. The Morgan fingerprint density at radius 3 is 2.73 bits per heavy atom. The van der Waals surface area contributed by atoms with Gasteiger partial charge in [0.25, 0.3) is 0 Å². The number of morpholine rings is 1. The van der Waals surface area contributed by atoms with Gasteiger partial charge in [-0.15, -0.1) is 0 Å². The van der Waals surface area contributed by atoms with Gasteiger partial charge < -0.3 is 15.0 Å². The van der Waals surface area contributed by atoms with Crippen molar-refractivity contribution < 1.29 is 13.2 Å².